The number of para-hydroxylation sites is 1. The van der Waals surface area contributed by atoms with Crippen LogP contribution in [0.3, 0.4) is 0 Å². The van der Waals surface area contributed by atoms with Gasteiger partial charge in [0.25, 0.3) is 5.91 Å². The average Bonchev–Trinajstić information content (AvgIpc) is 4.00. The van der Waals surface area contributed by atoms with Gasteiger partial charge in [-0.05, 0) is 85.1 Å². The van der Waals surface area contributed by atoms with E-state index in [-0.39, 0.29) is 38.3 Å². The van der Waals surface area contributed by atoms with Gasteiger partial charge in [-0.3, -0.25) is 23.9 Å². The Hall–Kier alpha value is -4.04. The number of hydrogen-bond acceptors (Lipinski definition) is 10. The zero-order valence-corrected chi connectivity index (χ0v) is 32.4. The molecule has 5 aliphatic rings. The van der Waals surface area contributed by atoms with Crippen molar-refractivity contribution in [1.29, 1.82) is 0 Å². The van der Waals surface area contributed by atoms with Crippen LogP contribution in [0.5, 0.6) is 5.75 Å². The smallest absolute Gasteiger partial charge is 0.307 e. The Bertz CT molecular complexity index is 2000. The van der Waals surface area contributed by atoms with Gasteiger partial charge in [-0.2, -0.15) is 0 Å². The van der Waals surface area contributed by atoms with Crippen LogP contribution < -0.4 is 14.8 Å². The zero-order chi connectivity index (χ0) is 38.7. The predicted octanol–water partition coefficient (Wildman–Crippen LogP) is 4.13. The maximum atomic E-state index is 14.8. The van der Waals surface area contributed by atoms with Gasteiger partial charge in [-0.15, -0.1) is 0 Å². The third-order valence-electron chi connectivity index (χ3n) is 11.9. The Kier molecular flexibility index (Phi) is 9.86. The molecule has 0 unspecified atom stereocenters. The fourth-order valence-electron chi connectivity index (χ4n) is 8.37. The summed E-state index contributed by atoms with van der Waals surface area (Å²) in [7, 11) is -3.99. The van der Waals surface area contributed by atoms with E-state index in [4.69, 9.17) is 9.47 Å². The maximum absolute atomic E-state index is 14.8. The van der Waals surface area contributed by atoms with Gasteiger partial charge < -0.3 is 24.8 Å². The number of hydrogen-bond donors (Lipinski definition) is 3. The molecule has 1 spiro atoms. The van der Waals surface area contributed by atoms with Gasteiger partial charge in [0.2, 0.25) is 21.8 Å². The number of benzene rings is 1. The van der Waals surface area contributed by atoms with Crippen LogP contribution in [0.15, 0.2) is 36.4 Å². The number of sulfonamides is 1. The van der Waals surface area contributed by atoms with Crippen LogP contribution in [0.25, 0.3) is 10.9 Å². The number of ether oxygens (including phenoxy) is 2. The summed E-state index contributed by atoms with van der Waals surface area (Å²) in [6.07, 6.45) is 9.26. The van der Waals surface area contributed by atoms with Crippen molar-refractivity contribution in [3.05, 3.63) is 47.7 Å². The number of carbonyl (C=O) groups is 4. The maximum Gasteiger partial charge on any atom is 0.307 e. The normalized spacial score (nSPS) is 30.1. The summed E-state index contributed by atoms with van der Waals surface area (Å²) in [5.74, 6) is -3.04. The van der Waals surface area contributed by atoms with Crippen LogP contribution in [0, 0.1) is 11.8 Å². The van der Waals surface area contributed by atoms with E-state index < -0.39 is 67.2 Å². The van der Waals surface area contributed by atoms with Gasteiger partial charge in [-0.1, -0.05) is 43.2 Å². The number of allylic oxidation sites excluding steroid dienone is 1. The zero-order valence-electron chi connectivity index (χ0n) is 31.6. The Balaban J connectivity index is 1.24. The molecule has 2 saturated carbocycles. The second-order valence-corrected chi connectivity index (χ2v) is 19.4. The highest BCUT2D eigenvalue weighted by atomic mass is 32.2. The Morgan fingerprint density at radius 2 is 1.87 bits per heavy atom. The van der Waals surface area contributed by atoms with E-state index >= 15 is 0 Å². The molecule has 3 N–H and O–H groups in total. The second kappa shape index (κ2) is 13.9. The van der Waals surface area contributed by atoms with Crippen molar-refractivity contribution in [2.75, 3.05) is 6.54 Å². The highest BCUT2D eigenvalue weighted by Crippen LogP contribution is 2.49. The van der Waals surface area contributed by atoms with Gasteiger partial charge in [0, 0.05) is 29.2 Å². The van der Waals surface area contributed by atoms with Gasteiger partial charge in [-0.25, -0.2) is 13.4 Å². The van der Waals surface area contributed by atoms with Gasteiger partial charge >= 0.3 is 5.97 Å². The summed E-state index contributed by atoms with van der Waals surface area (Å²) in [5.41, 5.74) is -1.32. The third-order valence-corrected chi connectivity index (χ3v) is 14.0. The van der Waals surface area contributed by atoms with Crippen molar-refractivity contribution in [3.8, 4) is 5.75 Å². The van der Waals surface area contributed by atoms with Crippen molar-refractivity contribution in [2.45, 2.75) is 139 Å². The first-order valence-corrected chi connectivity index (χ1v) is 20.8. The minimum absolute atomic E-state index is 0.0289. The lowest BCUT2D eigenvalue weighted by atomic mass is 9.87. The lowest BCUT2D eigenvalue weighted by molar-refractivity contribution is -0.159. The van der Waals surface area contributed by atoms with Crippen LogP contribution in [-0.2, 0) is 47.0 Å². The van der Waals surface area contributed by atoms with Crippen molar-refractivity contribution >= 4 is 44.6 Å². The van der Waals surface area contributed by atoms with Crippen molar-refractivity contribution in [3.63, 3.8) is 0 Å². The summed E-state index contributed by atoms with van der Waals surface area (Å²) in [6, 6.07) is 6.53. The van der Waals surface area contributed by atoms with Gasteiger partial charge in [0.15, 0.2) is 0 Å². The molecule has 13 nitrogen and oxygen atoms in total. The molecule has 2 aliphatic carbocycles. The van der Waals surface area contributed by atoms with Crippen LogP contribution in [-0.4, -0.2) is 81.2 Å². The predicted molar refractivity (Wildman–Crippen MR) is 199 cm³/mol. The number of aromatic nitrogens is 1. The molecule has 4 heterocycles. The molecule has 5 atom stereocenters. The van der Waals surface area contributed by atoms with Crippen molar-refractivity contribution < 1.29 is 42.2 Å². The molecule has 54 heavy (non-hydrogen) atoms. The fraction of sp³-hybridized carbons (Fsp3) is 0.625. The summed E-state index contributed by atoms with van der Waals surface area (Å²) in [5, 5.41) is 14.2. The SMILES string of the molecule is CC(C)(C)OC(=O)C[C@H]1CCCCC/C=C\[C@@H]2C[C@@]2(C(=O)NS(=O)(=O)C2(C)CC2)NC(=O)[C@@H]2C[C@]3(CCc4c(c(CO)nc5ccccc45)O3)CN2C1=O. The van der Waals surface area contributed by atoms with Gasteiger partial charge in [0.05, 0.1) is 29.8 Å². The highest BCUT2D eigenvalue weighted by molar-refractivity contribution is 7.91. The van der Waals surface area contributed by atoms with E-state index in [9.17, 15) is 32.7 Å². The van der Waals surface area contributed by atoms with Crippen LogP contribution in [0.4, 0.5) is 0 Å². The molecule has 3 fully saturated rings. The van der Waals surface area contributed by atoms with Crippen LogP contribution in [0.2, 0.25) is 0 Å². The van der Waals surface area contributed by atoms with E-state index in [0.29, 0.717) is 56.4 Å². The van der Waals surface area contributed by atoms with E-state index in [0.717, 1.165) is 29.3 Å². The molecule has 292 valence electrons. The van der Waals surface area contributed by atoms with Crippen molar-refractivity contribution in [1.82, 2.24) is 19.9 Å². The number of nitrogens with one attached hydrogen (secondary N) is 2. The first kappa shape index (κ1) is 38.2. The minimum atomic E-state index is -3.99. The summed E-state index contributed by atoms with van der Waals surface area (Å²) < 4.78 is 40.1. The second-order valence-electron chi connectivity index (χ2n) is 17.2. The number of fused-ring (bicyclic) bond motifs is 5. The molecule has 3 amide bonds. The number of amides is 3. The van der Waals surface area contributed by atoms with Crippen molar-refractivity contribution in [2.24, 2.45) is 11.8 Å². The monoisotopic (exact) mass is 764 g/mol. The Labute approximate surface area is 316 Å². The molecular formula is C40H52N4O9S. The van der Waals surface area contributed by atoms with Crippen LogP contribution in [0.1, 0.15) is 110 Å². The number of aliphatic hydroxyl groups excluding tert-OH is 1. The lowest BCUT2D eigenvalue weighted by Gasteiger charge is -2.37. The molecule has 1 saturated heterocycles. The first-order chi connectivity index (χ1) is 25.5. The van der Waals surface area contributed by atoms with E-state index in [1.807, 2.05) is 36.4 Å². The Morgan fingerprint density at radius 3 is 2.59 bits per heavy atom. The molecule has 7 rings (SSSR count). The van der Waals surface area contributed by atoms with Gasteiger partial charge in [0.1, 0.15) is 34.2 Å². The molecule has 2 aromatic rings. The average molecular weight is 765 g/mol. The van der Waals surface area contributed by atoms with E-state index in [2.05, 4.69) is 15.0 Å². The molecular weight excluding hydrogens is 713 g/mol. The topological polar surface area (TPSA) is 181 Å². The number of nitrogens with zero attached hydrogens (tertiary/aromatic N) is 2. The van der Waals surface area contributed by atoms with E-state index in [1.54, 1.807) is 27.7 Å². The highest BCUT2D eigenvalue weighted by Gasteiger charge is 2.64. The first-order valence-electron chi connectivity index (χ1n) is 19.3. The Morgan fingerprint density at radius 1 is 1.11 bits per heavy atom. The number of pyridine rings is 1. The number of esters is 1. The summed E-state index contributed by atoms with van der Waals surface area (Å²) >= 11 is 0. The van der Waals surface area contributed by atoms with Crippen LogP contribution >= 0.6 is 0 Å². The molecule has 0 bridgehead atoms. The van der Waals surface area contributed by atoms with E-state index in [1.165, 1.54) is 4.90 Å². The number of rotatable bonds is 6. The lowest BCUT2D eigenvalue weighted by Crippen LogP contribution is -2.57. The fourth-order valence-corrected chi connectivity index (χ4v) is 9.68. The minimum Gasteiger partial charge on any atom is -0.483 e. The third kappa shape index (κ3) is 7.35. The molecule has 1 aromatic carbocycles. The summed E-state index contributed by atoms with van der Waals surface area (Å²) in [6.45, 7) is 6.56. The standard InChI is InChI=1S/C40H52N4O9S/c1-37(2,3)52-32(46)20-25-12-8-6-5-7-9-13-26-21-40(26,36(49)43-54(50,51)38(4)18-19-38)42-34(47)31-22-39(24-44(31)35(25)48)17-16-28-27-14-10-11-15-29(27)41-30(23-45)33(28)53-39/h9-11,13-15,25-26,31,45H,5-8,12,16-24H2,1-4H3,(H,42,47)(H,43,49)/b13-9-/t25-,26-,31+,39-,40-/m1/s1. The molecule has 1 aromatic heterocycles. The summed E-state index contributed by atoms with van der Waals surface area (Å²) in [4.78, 5) is 62.6. The largest absolute Gasteiger partial charge is 0.483 e. The number of aryl methyl sites for hydroxylation is 1. The molecule has 14 heteroatoms. The number of carbonyl (C=O) groups excluding carboxylic acids is 4. The number of aliphatic hydroxyl groups is 1. The quantitative estimate of drug-likeness (QED) is 0.286. The molecule has 0 radical (unpaired) electrons. The molecule has 3 aliphatic heterocycles.